The molecule has 5 aromatic rings. The van der Waals surface area contributed by atoms with Gasteiger partial charge >= 0.3 is 0 Å². The van der Waals surface area contributed by atoms with E-state index in [4.69, 9.17) is 4.74 Å². The summed E-state index contributed by atoms with van der Waals surface area (Å²) in [5, 5.41) is 23.3. The van der Waals surface area contributed by atoms with Crippen molar-refractivity contribution < 1.29 is 9.84 Å². The van der Waals surface area contributed by atoms with E-state index in [1.54, 1.807) is 6.20 Å². The Labute approximate surface area is 195 Å². The van der Waals surface area contributed by atoms with Crippen LogP contribution in [-0.2, 0) is 19.6 Å². The third kappa shape index (κ3) is 4.51. The van der Waals surface area contributed by atoms with Gasteiger partial charge in [0, 0.05) is 42.5 Å². The zero-order valence-corrected chi connectivity index (χ0v) is 18.9. The molecule has 4 heterocycles. The molecule has 0 unspecified atom stereocenters. The van der Waals surface area contributed by atoms with Gasteiger partial charge in [-0.15, -0.1) is 0 Å². The standard InChI is InChI=1S/C24H24N8O2/c1-16-19(21(33)10-22(29-16)34-2)11-25-23-20-14-32(30-24(20)27-15-26-23)13-18-6-4-17(5-7-18)12-31-9-3-8-28-31/h3-10,14-15H,11-13H2,1-2H3,(H,29,33)(H,25,26,27,30). The van der Waals surface area contributed by atoms with Crippen LogP contribution in [-0.4, -0.2) is 46.7 Å². The molecule has 5 rings (SSSR count). The molecule has 0 spiro atoms. The molecule has 0 aliphatic carbocycles. The number of nitrogens with one attached hydrogen (secondary N) is 1. The predicted molar refractivity (Wildman–Crippen MR) is 127 cm³/mol. The molecule has 172 valence electrons. The van der Waals surface area contributed by atoms with Gasteiger partial charge in [-0.05, 0) is 24.1 Å². The fourth-order valence-corrected chi connectivity index (χ4v) is 3.77. The summed E-state index contributed by atoms with van der Waals surface area (Å²) >= 11 is 0. The monoisotopic (exact) mass is 456 g/mol. The summed E-state index contributed by atoms with van der Waals surface area (Å²) in [5.41, 5.74) is 4.27. The fourth-order valence-electron chi connectivity index (χ4n) is 3.77. The predicted octanol–water partition coefficient (Wildman–Crippen LogP) is 3.15. The Morgan fingerprint density at radius 3 is 2.50 bits per heavy atom. The van der Waals surface area contributed by atoms with Gasteiger partial charge in [0.1, 0.15) is 17.9 Å². The number of aromatic hydroxyl groups is 1. The lowest BCUT2D eigenvalue weighted by Gasteiger charge is -2.11. The molecule has 10 heteroatoms. The average molecular weight is 457 g/mol. The van der Waals surface area contributed by atoms with E-state index in [1.807, 2.05) is 34.7 Å². The summed E-state index contributed by atoms with van der Waals surface area (Å²) in [6, 6.07) is 11.8. The zero-order valence-electron chi connectivity index (χ0n) is 18.9. The van der Waals surface area contributed by atoms with E-state index in [2.05, 4.69) is 54.7 Å². The third-order valence-electron chi connectivity index (χ3n) is 5.56. The highest BCUT2D eigenvalue weighted by Gasteiger charge is 2.13. The summed E-state index contributed by atoms with van der Waals surface area (Å²) in [4.78, 5) is 13.0. The van der Waals surface area contributed by atoms with Gasteiger partial charge in [0.2, 0.25) is 5.88 Å². The molecule has 0 fully saturated rings. The van der Waals surface area contributed by atoms with Crippen LogP contribution in [0.15, 0.2) is 61.3 Å². The highest BCUT2D eigenvalue weighted by Crippen LogP contribution is 2.26. The van der Waals surface area contributed by atoms with Gasteiger partial charge < -0.3 is 15.2 Å². The van der Waals surface area contributed by atoms with Crippen molar-refractivity contribution in [1.82, 2.24) is 34.5 Å². The normalized spacial score (nSPS) is 11.1. The van der Waals surface area contributed by atoms with E-state index < -0.39 is 0 Å². The van der Waals surface area contributed by atoms with Crippen LogP contribution >= 0.6 is 0 Å². The summed E-state index contributed by atoms with van der Waals surface area (Å²) in [5.74, 6) is 1.13. The smallest absolute Gasteiger partial charge is 0.216 e. The van der Waals surface area contributed by atoms with Gasteiger partial charge in [-0.3, -0.25) is 9.36 Å². The lowest BCUT2D eigenvalue weighted by Crippen LogP contribution is -2.05. The zero-order chi connectivity index (χ0) is 23.5. The second kappa shape index (κ2) is 9.18. The van der Waals surface area contributed by atoms with Crippen molar-refractivity contribution in [3.8, 4) is 11.6 Å². The largest absolute Gasteiger partial charge is 0.507 e. The summed E-state index contributed by atoms with van der Waals surface area (Å²) in [7, 11) is 1.52. The molecule has 10 nitrogen and oxygen atoms in total. The van der Waals surface area contributed by atoms with Gasteiger partial charge in [0.25, 0.3) is 0 Å². The molecule has 0 atom stereocenters. The Balaban J connectivity index is 1.31. The third-order valence-corrected chi connectivity index (χ3v) is 5.56. The number of aromatic nitrogens is 7. The van der Waals surface area contributed by atoms with Gasteiger partial charge in [-0.1, -0.05) is 24.3 Å². The Bertz CT molecular complexity index is 1390. The van der Waals surface area contributed by atoms with Crippen molar-refractivity contribution in [1.29, 1.82) is 0 Å². The van der Waals surface area contributed by atoms with Crippen molar-refractivity contribution >= 4 is 16.9 Å². The first-order valence-corrected chi connectivity index (χ1v) is 10.8. The minimum atomic E-state index is 0.119. The quantitative estimate of drug-likeness (QED) is 0.366. The van der Waals surface area contributed by atoms with E-state index in [1.165, 1.54) is 25.1 Å². The topological polar surface area (TPSA) is 116 Å². The highest BCUT2D eigenvalue weighted by molar-refractivity contribution is 5.85. The van der Waals surface area contributed by atoms with E-state index in [0.29, 0.717) is 41.7 Å². The molecule has 4 aromatic heterocycles. The molecule has 0 saturated carbocycles. The van der Waals surface area contributed by atoms with Crippen molar-refractivity contribution in [2.45, 2.75) is 26.6 Å². The number of ether oxygens (including phenoxy) is 1. The first kappa shape index (κ1) is 21.4. The minimum absolute atomic E-state index is 0.119. The Kier molecular flexibility index (Phi) is 5.77. The molecule has 0 saturated heterocycles. The summed E-state index contributed by atoms with van der Waals surface area (Å²) < 4.78 is 8.85. The van der Waals surface area contributed by atoms with Crippen molar-refractivity contribution in [3.05, 3.63) is 83.7 Å². The van der Waals surface area contributed by atoms with E-state index in [9.17, 15) is 5.11 Å². The number of hydrogen-bond donors (Lipinski definition) is 2. The maximum absolute atomic E-state index is 10.3. The van der Waals surface area contributed by atoms with Crippen molar-refractivity contribution in [2.75, 3.05) is 12.4 Å². The molecule has 0 bridgehead atoms. The Morgan fingerprint density at radius 2 is 1.82 bits per heavy atom. The maximum Gasteiger partial charge on any atom is 0.216 e. The fraction of sp³-hybridized carbons (Fsp3) is 0.208. The van der Waals surface area contributed by atoms with E-state index in [0.717, 1.165) is 17.5 Å². The number of rotatable bonds is 8. The molecule has 0 aliphatic heterocycles. The number of aryl methyl sites for hydroxylation is 1. The SMILES string of the molecule is COc1cc(O)c(CNc2ncnc3nn(Cc4ccc(Cn5cccn5)cc4)cc23)c(C)n1. The number of fused-ring (bicyclic) bond motifs is 1. The van der Waals surface area contributed by atoms with Crippen LogP contribution in [0.5, 0.6) is 11.6 Å². The number of nitrogens with zero attached hydrogens (tertiary/aromatic N) is 7. The van der Waals surface area contributed by atoms with Crippen LogP contribution in [0.25, 0.3) is 11.0 Å². The van der Waals surface area contributed by atoms with Crippen LogP contribution in [0.2, 0.25) is 0 Å². The molecule has 2 N–H and O–H groups in total. The van der Waals surface area contributed by atoms with Gasteiger partial charge in [0.15, 0.2) is 5.65 Å². The maximum atomic E-state index is 10.3. The molecule has 1 aromatic carbocycles. The van der Waals surface area contributed by atoms with Gasteiger partial charge in [-0.25, -0.2) is 15.0 Å². The molecule has 0 aliphatic rings. The number of anilines is 1. The van der Waals surface area contributed by atoms with Gasteiger partial charge in [-0.2, -0.15) is 10.2 Å². The van der Waals surface area contributed by atoms with Crippen LogP contribution in [0.3, 0.4) is 0 Å². The second-order valence-corrected chi connectivity index (χ2v) is 7.91. The molecular formula is C24H24N8O2. The molecule has 0 radical (unpaired) electrons. The lowest BCUT2D eigenvalue weighted by molar-refractivity contribution is 0.388. The Hall–Kier alpha value is -4.47. The number of methoxy groups -OCH3 is 1. The van der Waals surface area contributed by atoms with Crippen LogP contribution in [0.4, 0.5) is 5.82 Å². The first-order valence-electron chi connectivity index (χ1n) is 10.8. The van der Waals surface area contributed by atoms with Gasteiger partial charge in [0.05, 0.1) is 25.6 Å². The van der Waals surface area contributed by atoms with Crippen LogP contribution in [0, 0.1) is 6.92 Å². The van der Waals surface area contributed by atoms with E-state index >= 15 is 0 Å². The first-order chi connectivity index (χ1) is 16.6. The van der Waals surface area contributed by atoms with E-state index in [-0.39, 0.29) is 5.75 Å². The molecule has 0 amide bonds. The second-order valence-electron chi connectivity index (χ2n) is 7.91. The van der Waals surface area contributed by atoms with Crippen LogP contribution < -0.4 is 10.1 Å². The molecular weight excluding hydrogens is 432 g/mol. The lowest BCUT2D eigenvalue weighted by atomic mass is 10.1. The van der Waals surface area contributed by atoms with Crippen molar-refractivity contribution in [3.63, 3.8) is 0 Å². The Morgan fingerprint density at radius 1 is 1.06 bits per heavy atom. The number of benzene rings is 1. The summed E-state index contributed by atoms with van der Waals surface area (Å²) in [6.45, 7) is 3.53. The highest BCUT2D eigenvalue weighted by atomic mass is 16.5. The average Bonchev–Trinajstić information content (AvgIpc) is 3.49. The molecule has 34 heavy (non-hydrogen) atoms. The number of pyridine rings is 1. The summed E-state index contributed by atoms with van der Waals surface area (Å²) in [6.07, 6.45) is 7.13. The number of hydrogen-bond acceptors (Lipinski definition) is 8. The van der Waals surface area contributed by atoms with Crippen LogP contribution in [0.1, 0.15) is 22.4 Å². The minimum Gasteiger partial charge on any atom is -0.507 e. The van der Waals surface area contributed by atoms with Crippen molar-refractivity contribution in [2.24, 2.45) is 0 Å².